The summed E-state index contributed by atoms with van der Waals surface area (Å²) >= 11 is 0. The van der Waals surface area contributed by atoms with Crippen LogP contribution in [0, 0.1) is 0 Å². The second kappa shape index (κ2) is 7.43. The number of likely N-dealkylation sites (N-methyl/N-ethyl adjacent to an activating group) is 1. The monoisotopic (exact) mass is 366 g/mol. The summed E-state index contributed by atoms with van der Waals surface area (Å²) in [5.41, 5.74) is 2.75. The fourth-order valence-corrected chi connectivity index (χ4v) is 3.04. The molecule has 27 heavy (non-hydrogen) atoms. The summed E-state index contributed by atoms with van der Waals surface area (Å²) in [5.74, 6) is 0.331. The zero-order valence-electron chi connectivity index (χ0n) is 16.4. The van der Waals surface area contributed by atoms with Gasteiger partial charge < -0.3 is 9.64 Å². The molecule has 3 rings (SSSR count). The Morgan fingerprint density at radius 2 is 1.85 bits per heavy atom. The predicted molar refractivity (Wildman–Crippen MR) is 106 cm³/mol. The normalized spacial score (nSPS) is 13.8. The van der Waals surface area contributed by atoms with Gasteiger partial charge in [-0.3, -0.25) is 14.5 Å². The van der Waals surface area contributed by atoms with Crippen molar-refractivity contribution in [2.24, 2.45) is 0 Å². The zero-order valence-corrected chi connectivity index (χ0v) is 16.4. The zero-order chi connectivity index (χ0) is 19.6. The van der Waals surface area contributed by atoms with E-state index < -0.39 is 0 Å². The molecule has 2 amide bonds. The molecule has 2 aromatic carbocycles. The summed E-state index contributed by atoms with van der Waals surface area (Å²) in [6, 6.07) is 15.7. The van der Waals surface area contributed by atoms with Crippen LogP contribution in [0.2, 0.25) is 0 Å². The summed E-state index contributed by atoms with van der Waals surface area (Å²) < 4.78 is 5.56. The van der Waals surface area contributed by atoms with Crippen LogP contribution in [0.5, 0.6) is 5.75 Å². The third kappa shape index (κ3) is 4.30. The van der Waals surface area contributed by atoms with Crippen molar-refractivity contribution in [1.82, 2.24) is 4.90 Å². The second-order valence-electron chi connectivity index (χ2n) is 7.94. The first kappa shape index (κ1) is 19.0. The highest BCUT2D eigenvalue weighted by atomic mass is 16.5. The van der Waals surface area contributed by atoms with Crippen LogP contribution in [0.25, 0.3) is 0 Å². The summed E-state index contributed by atoms with van der Waals surface area (Å²) in [7, 11) is 1.76. The van der Waals surface area contributed by atoms with Crippen LogP contribution in [0.4, 0.5) is 5.69 Å². The lowest BCUT2D eigenvalue weighted by Gasteiger charge is -2.32. The number of fused-ring (bicyclic) bond motifs is 1. The van der Waals surface area contributed by atoms with Crippen molar-refractivity contribution in [3.63, 3.8) is 0 Å². The number of hydrogen-bond acceptors (Lipinski definition) is 3. The van der Waals surface area contributed by atoms with Crippen LogP contribution < -0.4 is 9.64 Å². The third-order valence-corrected chi connectivity index (χ3v) is 4.75. The average Bonchev–Trinajstić information content (AvgIpc) is 2.63. The van der Waals surface area contributed by atoms with Gasteiger partial charge in [-0.25, -0.2) is 0 Å². The number of anilines is 1. The van der Waals surface area contributed by atoms with Crippen molar-refractivity contribution in [3.8, 4) is 5.75 Å². The first-order valence-electron chi connectivity index (χ1n) is 9.11. The van der Waals surface area contributed by atoms with Gasteiger partial charge >= 0.3 is 0 Å². The lowest BCUT2D eigenvalue weighted by molar-refractivity contribution is -0.131. The van der Waals surface area contributed by atoms with E-state index in [1.165, 1.54) is 4.90 Å². The van der Waals surface area contributed by atoms with E-state index >= 15 is 0 Å². The molecule has 0 radical (unpaired) electrons. The van der Waals surface area contributed by atoms with Crippen LogP contribution in [0.1, 0.15) is 31.9 Å². The maximum absolute atomic E-state index is 12.7. The van der Waals surface area contributed by atoms with Crippen molar-refractivity contribution in [3.05, 3.63) is 59.7 Å². The summed E-state index contributed by atoms with van der Waals surface area (Å²) in [6.45, 7) is 6.81. The van der Waals surface area contributed by atoms with E-state index in [0.717, 1.165) is 11.1 Å². The van der Waals surface area contributed by atoms with Gasteiger partial charge in [-0.15, -0.1) is 0 Å². The van der Waals surface area contributed by atoms with Gasteiger partial charge in [0, 0.05) is 13.6 Å². The standard InChI is InChI=1S/C22H26N2O3/c1-22(2,3)17-10-11-19-18(12-17)24(21(26)15-27-19)14-20(25)23(4)13-16-8-6-5-7-9-16/h5-12H,13-15H2,1-4H3. The highest BCUT2D eigenvalue weighted by molar-refractivity contribution is 6.02. The van der Waals surface area contributed by atoms with E-state index in [0.29, 0.717) is 18.0 Å². The molecule has 0 unspecified atom stereocenters. The van der Waals surface area contributed by atoms with E-state index in [4.69, 9.17) is 4.74 Å². The molecule has 0 atom stereocenters. The third-order valence-electron chi connectivity index (χ3n) is 4.75. The number of nitrogens with zero attached hydrogens (tertiary/aromatic N) is 2. The molecule has 1 aliphatic heterocycles. The molecule has 0 spiro atoms. The lowest BCUT2D eigenvalue weighted by atomic mass is 9.86. The molecule has 142 valence electrons. The second-order valence-corrected chi connectivity index (χ2v) is 7.94. The smallest absolute Gasteiger partial charge is 0.265 e. The van der Waals surface area contributed by atoms with E-state index in [1.54, 1.807) is 11.9 Å². The Morgan fingerprint density at radius 1 is 1.15 bits per heavy atom. The Morgan fingerprint density at radius 3 is 2.52 bits per heavy atom. The van der Waals surface area contributed by atoms with Gasteiger partial charge in [-0.05, 0) is 28.7 Å². The highest BCUT2D eigenvalue weighted by Crippen LogP contribution is 2.36. The van der Waals surface area contributed by atoms with Crippen molar-refractivity contribution < 1.29 is 14.3 Å². The molecule has 0 fully saturated rings. The quantitative estimate of drug-likeness (QED) is 0.834. The minimum Gasteiger partial charge on any atom is -0.482 e. The van der Waals surface area contributed by atoms with E-state index in [2.05, 4.69) is 20.8 Å². The van der Waals surface area contributed by atoms with Gasteiger partial charge in [0.1, 0.15) is 12.3 Å². The minimum absolute atomic E-state index is 0.00607. The Balaban J connectivity index is 1.80. The highest BCUT2D eigenvalue weighted by Gasteiger charge is 2.29. The SMILES string of the molecule is CN(Cc1ccccc1)C(=O)CN1C(=O)COc2ccc(C(C)(C)C)cc21. The maximum atomic E-state index is 12.7. The minimum atomic E-state index is -0.199. The first-order chi connectivity index (χ1) is 12.8. The molecule has 2 aromatic rings. The summed E-state index contributed by atoms with van der Waals surface area (Å²) in [5, 5.41) is 0. The molecule has 0 bridgehead atoms. The summed E-state index contributed by atoms with van der Waals surface area (Å²) in [6.07, 6.45) is 0. The van der Waals surface area contributed by atoms with Crippen molar-refractivity contribution >= 4 is 17.5 Å². The molecule has 1 aliphatic rings. The fraction of sp³-hybridized carbons (Fsp3) is 0.364. The molecule has 5 nitrogen and oxygen atoms in total. The number of carbonyl (C=O) groups is 2. The van der Waals surface area contributed by atoms with Gasteiger partial charge in [0.05, 0.1) is 5.69 Å². The molecule has 1 heterocycles. The average molecular weight is 366 g/mol. The molecular formula is C22H26N2O3. The van der Waals surface area contributed by atoms with Crippen LogP contribution in [-0.4, -0.2) is 36.9 Å². The van der Waals surface area contributed by atoms with E-state index in [-0.39, 0.29) is 30.4 Å². The van der Waals surface area contributed by atoms with E-state index in [9.17, 15) is 9.59 Å². The first-order valence-corrected chi connectivity index (χ1v) is 9.11. The number of hydrogen-bond donors (Lipinski definition) is 0. The number of carbonyl (C=O) groups excluding carboxylic acids is 2. The van der Waals surface area contributed by atoms with Gasteiger partial charge in [0.15, 0.2) is 6.61 Å². The van der Waals surface area contributed by atoms with Crippen molar-refractivity contribution in [1.29, 1.82) is 0 Å². The molecule has 0 saturated heterocycles. The van der Waals surface area contributed by atoms with Gasteiger partial charge in [0.25, 0.3) is 5.91 Å². The predicted octanol–water partition coefficient (Wildman–Crippen LogP) is 3.37. The van der Waals surface area contributed by atoms with Crippen LogP contribution in [-0.2, 0) is 21.5 Å². The van der Waals surface area contributed by atoms with Crippen LogP contribution in [0.15, 0.2) is 48.5 Å². The lowest BCUT2D eigenvalue weighted by Crippen LogP contribution is -2.45. The number of amides is 2. The number of benzene rings is 2. The fourth-order valence-electron chi connectivity index (χ4n) is 3.04. The molecule has 5 heteroatoms. The largest absolute Gasteiger partial charge is 0.482 e. The summed E-state index contributed by atoms with van der Waals surface area (Å²) in [4.78, 5) is 28.4. The van der Waals surface area contributed by atoms with Gasteiger partial charge in [0.2, 0.25) is 5.91 Å². The number of ether oxygens (including phenoxy) is 1. The number of rotatable bonds is 4. The maximum Gasteiger partial charge on any atom is 0.265 e. The Kier molecular flexibility index (Phi) is 5.22. The Bertz CT molecular complexity index is 840. The molecular weight excluding hydrogens is 340 g/mol. The molecule has 0 aromatic heterocycles. The van der Waals surface area contributed by atoms with Crippen molar-refractivity contribution in [2.75, 3.05) is 25.1 Å². The van der Waals surface area contributed by atoms with Crippen LogP contribution in [0.3, 0.4) is 0 Å². The topological polar surface area (TPSA) is 49.9 Å². The Hall–Kier alpha value is -2.82. The van der Waals surface area contributed by atoms with Crippen LogP contribution >= 0.6 is 0 Å². The molecule has 0 aliphatic carbocycles. The molecule has 0 saturated carbocycles. The van der Waals surface area contributed by atoms with Gasteiger partial charge in [-0.1, -0.05) is 57.2 Å². The van der Waals surface area contributed by atoms with Gasteiger partial charge in [-0.2, -0.15) is 0 Å². The molecule has 0 N–H and O–H groups in total. The Labute approximate surface area is 160 Å². The van der Waals surface area contributed by atoms with Crippen molar-refractivity contribution in [2.45, 2.75) is 32.7 Å². The van der Waals surface area contributed by atoms with E-state index in [1.807, 2.05) is 48.5 Å².